The second-order valence-corrected chi connectivity index (χ2v) is 6.68. The van der Waals surface area contributed by atoms with Gasteiger partial charge in [-0.15, -0.1) is 6.58 Å². The Morgan fingerprint density at radius 1 is 1.45 bits per heavy atom. The highest BCUT2D eigenvalue weighted by Crippen LogP contribution is 2.31. The lowest BCUT2D eigenvalue weighted by molar-refractivity contribution is -0.0422. The average molecular weight is 323 g/mol. The summed E-state index contributed by atoms with van der Waals surface area (Å²) in [7, 11) is -1.77. The molecule has 0 bridgehead atoms. The van der Waals surface area contributed by atoms with E-state index < -0.39 is 27.5 Å². The van der Waals surface area contributed by atoms with Crippen LogP contribution in [0.3, 0.4) is 0 Å². The average Bonchev–Trinajstić information content (AvgIpc) is 2.38. The first-order chi connectivity index (χ1) is 9.27. The molecule has 3 atom stereocenters. The third-order valence-corrected chi connectivity index (χ3v) is 4.87. The van der Waals surface area contributed by atoms with Gasteiger partial charge in [0.15, 0.2) is 0 Å². The molecule has 0 fully saturated rings. The molecule has 2 nitrogen and oxygen atoms in total. The number of aryl methyl sites for hydroxylation is 1. The molecule has 0 heterocycles. The van der Waals surface area contributed by atoms with E-state index in [-0.39, 0.29) is 6.42 Å². The smallest absolute Gasteiger partial charge is 0.348 e. The largest absolute Gasteiger partial charge is 0.384 e. The normalized spacial score (nSPS) is 16.4. The number of benzene rings is 1. The first kappa shape index (κ1) is 17.3. The van der Waals surface area contributed by atoms with Gasteiger partial charge in [-0.25, -0.2) is 0 Å². The summed E-state index contributed by atoms with van der Waals surface area (Å²) < 4.78 is 38.6. The molecule has 0 aliphatic rings. The Morgan fingerprint density at radius 2 is 2.00 bits per heavy atom. The highest BCUT2D eigenvalue weighted by atomic mass is 35.5. The standard InChI is InChI=1S/C14H17ClF2O2S/c1-3-4-5-12(13(18)14(15,16)17)20(19)11-8-6-10(2)7-9-11/h3,6-9,12-13,18H,1,4-5H2,2H3/t12-,13+,20-/m0/s1. The number of aliphatic hydroxyl groups excluding tert-OH is 1. The molecule has 0 saturated heterocycles. The third-order valence-electron chi connectivity index (χ3n) is 2.87. The quantitative estimate of drug-likeness (QED) is 0.615. The Morgan fingerprint density at radius 3 is 2.45 bits per heavy atom. The zero-order valence-electron chi connectivity index (χ0n) is 11.1. The van der Waals surface area contributed by atoms with Crippen LogP contribution in [0, 0.1) is 6.92 Å². The van der Waals surface area contributed by atoms with Crippen LogP contribution in [0.25, 0.3) is 0 Å². The van der Waals surface area contributed by atoms with Crippen LogP contribution in [0.15, 0.2) is 41.8 Å². The van der Waals surface area contributed by atoms with Crippen molar-refractivity contribution in [1.82, 2.24) is 0 Å². The summed E-state index contributed by atoms with van der Waals surface area (Å²) in [5.41, 5.74) is 0.969. The van der Waals surface area contributed by atoms with E-state index in [9.17, 15) is 18.1 Å². The fourth-order valence-corrected chi connectivity index (χ4v) is 3.46. The van der Waals surface area contributed by atoms with Crippen molar-refractivity contribution in [2.45, 2.75) is 41.4 Å². The van der Waals surface area contributed by atoms with Crippen LogP contribution in [0.2, 0.25) is 0 Å². The summed E-state index contributed by atoms with van der Waals surface area (Å²) >= 11 is 4.87. The molecular formula is C14H17ClF2O2S. The Kier molecular flexibility index (Phi) is 6.30. The number of hydrogen-bond donors (Lipinski definition) is 1. The number of allylic oxidation sites excluding steroid dienone is 1. The van der Waals surface area contributed by atoms with E-state index in [1.807, 2.05) is 6.92 Å². The van der Waals surface area contributed by atoms with Gasteiger partial charge in [-0.05, 0) is 43.5 Å². The van der Waals surface area contributed by atoms with Gasteiger partial charge in [-0.3, -0.25) is 4.21 Å². The van der Waals surface area contributed by atoms with Gasteiger partial charge < -0.3 is 5.11 Å². The number of aliphatic hydroxyl groups is 1. The minimum absolute atomic E-state index is 0.119. The third kappa shape index (κ3) is 4.65. The first-order valence-electron chi connectivity index (χ1n) is 6.10. The molecule has 1 N–H and O–H groups in total. The monoisotopic (exact) mass is 322 g/mol. The zero-order chi connectivity index (χ0) is 15.3. The van der Waals surface area contributed by atoms with Crippen molar-refractivity contribution in [2.75, 3.05) is 0 Å². The SMILES string of the molecule is C=CCC[C@@H]([C@@H](O)C(F)(F)Cl)[S@@](=O)c1ccc(C)cc1. The summed E-state index contributed by atoms with van der Waals surface area (Å²) in [6, 6.07) is 6.68. The molecule has 1 aromatic carbocycles. The molecule has 0 aromatic heterocycles. The fraction of sp³-hybridized carbons (Fsp3) is 0.429. The summed E-state index contributed by atoms with van der Waals surface area (Å²) in [5, 5.41) is 4.69. The molecule has 0 radical (unpaired) electrons. The molecule has 0 unspecified atom stereocenters. The second kappa shape index (κ2) is 7.29. The molecule has 0 aliphatic heterocycles. The van der Waals surface area contributed by atoms with Crippen LogP contribution in [0.1, 0.15) is 18.4 Å². The highest BCUT2D eigenvalue weighted by molar-refractivity contribution is 7.85. The van der Waals surface area contributed by atoms with E-state index in [0.29, 0.717) is 11.3 Å². The van der Waals surface area contributed by atoms with Gasteiger partial charge in [-0.2, -0.15) is 8.78 Å². The van der Waals surface area contributed by atoms with E-state index in [1.165, 1.54) is 6.08 Å². The lowest BCUT2D eigenvalue weighted by Crippen LogP contribution is -2.41. The van der Waals surface area contributed by atoms with Gasteiger partial charge in [0.1, 0.15) is 6.10 Å². The number of rotatable bonds is 7. The summed E-state index contributed by atoms with van der Waals surface area (Å²) in [6.07, 6.45) is -0.163. The zero-order valence-corrected chi connectivity index (χ0v) is 12.6. The molecule has 1 rings (SSSR count). The van der Waals surface area contributed by atoms with Crippen LogP contribution >= 0.6 is 11.6 Å². The van der Waals surface area contributed by atoms with E-state index in [0.717, 1.165) is 5.56 Å². The van der Waals surface area contributed by atoms with Crippen molar-refractivity contribution < 1.29 is 18.1 Å². The van der Waals surface area contributed by atoms with Crippen molar-refractivity contribution >= 4 is 22.4 Å². The summed E-state index contributed by atoms with van der Waals surface area (Å²) in [5.74, 6) is 0. The molecule has 20 heavy (non-hydrogen) atoms. The molecule has 6 heteroatoms. The molecule has 112 valence electrons. The van der Waals surface area contributed by atoms with Crippen molar-refractivity contribution in [3.8, 4) is 0 Å². The van der Waals surface area contributed by atoms with Gasteiger partial charge >= 0.3 is 5.38 Å². The number of halogens is 3. The van der Waals surface area contributed by atoms with Gasteiger partial charge in [0.05, 0.1) is 16.0 Å². The van der Waals surface area contributed by atoms with Gasteiger partial charge in [0.25, 0.3) is 0 Å². The Hall–Kier alpha value is -0.780. The topological polar surface area (TPSA) is 37.3 Å². The molecule has 0 saturated carbocycles. The van der Waals surface area contributed by atoms with Gasteiger partial charge in [0.2, 0.25) is 0 Å². The van der Waals surface area contributed by atoms with Crippen LogP contribution in [-0.2, 0) is 10.8 Å². The summed E-state index contributed by atoms with van der Waals surface area (Å²) in [6.45, 7) is 5.36. The van der Waals surface area contributed by atoms with E-state index in [1.54, 1.807) is 24.3 Å². The predicted octanol–water partition coefficient (Wildman–Crippen LogP) is 3.63. The minimum Gasteiger partial charge on any atom is -0.384 e. The van der Waals surface area contributed by atoms with E-state index in [4.69, 9.17) is 11.6 Å². The van der Waals surface area contributed by atoms with Crippen LogP contribution in [0.5, 0.6) is 0 Å². The Balaban J connectivity index is 3.00. The predicted molar refractivity (Wildman–Crippen MR) is 77.6 cm³/mol. The van der Waals surface area contributed by atoms with Crippen LogP contribution < -0.4 is 0 Å². The highest BCUT2D eigenvalue weighted by Gasteiger charge is 2.43. The maximum absolute atomic E-state index is 13.1. The fourth-order valence-electron chi connectivity index (χ4n) is 1.72. The first-order valence-corrected chi connectivity index (χ1v) is 7.69. The summed E-state index contributed by atoms with van der Waals surface area (Å²) in [4.78, 5) is 0.393. The Labute approximate surface area is 124 Å². The maximum atomic E-state index is 13.1. The molecular weight excluding hydrogens is 306 g/mol. The van der Waals surface area contributed by atoms with Crippen LogP contribution in [-0.4, -0.2) is 26.1 Å². The molecule has 0 spiro atoms. The lowest BCUT2D eigenvalue weighted by Gasteiger charge is -2.25. The van der Waals surface area contributed by atoms with Crippen molar-refractivity contribution in [1.29, 1.82) is 0 Å². The minimum atomic E-state index is -3.81. The lowest BCUT2D eigenvalue weighted by atomic mass is 10.1. The van der Waals surface area contributed by atoms with Gasteiger partial charge in [-0.1, -0.05) is 23.8 Å². The number of hydrogen-bond acceptors (Lipinski definition) is 2. The van der Waals surface area contributed by atoms with Crippen LogP contribution in [0.4, 0.5) is 8.78 Å². The van der Waals surface area contributed by atoms with Crippen molar-refractivity contribution in [3.63, 3.8) is 0 Å². The maximum Gasteiger partial charge on any atom is 0.348 e. The number of alkyl halides is 3. The van der Waals surface area contributed by atoms with Crippen molar-refractivity contribution in [2.24, 2.45) is 0 Å². The molecule has 1 aromatic rings. The molecule has 0 aliphatic carbocycles. The van der Waals surface area contributed by atoms with Crippen molar-refractivity contribution in [3.05, 3.63) is 42.5 Å². The second-order valence-electron chi connectivity index (χ2n) is 4.50. The Bertz CT molecular complexity index is 471. The van der Waals surface area contributed by atoms with E-state index in [2.05, 4.69) is 6.58 Å². The van der Waals surface area contributed by atoms with Gasteiger partial charge in [0, 0.05) is 4.90 Å². The molecule has 0 amide bonds. The van der Waals surface area contributed by atoms with E-state index >= 15 is 0 Å².